The van der Waals surface area contributed by atoms with Crippen LogP contribution in [0.1, 0.15) is 13.8 Å². The number of rotatable bonds is 3. The second-order valence-corrected chi connectivity index (χ2v) is 3.74. The average Bonchev–Trinajstić information content (AvgIpc) is 2.59. The number of aromatic amines is 1. The van der Waals surface area contributed by atoms with Gasteiger partial charge in [-0.1, -0.05) is 26.0 Å². The Labute approximate surface area is 88.4 Å². The lowest BCUT2D eigenvalue weighted by Crippen LogP contribution is -1.94. The highest BCUT2D eigenvalue weighted by molar-refractivity contribution is 5.77. The molecule has 0 atom stereocenters. The van der Waals surface area contributed by atoms with Crippen LogP contribution in [0.3, 0.4) is 0 Å². The van der Waals surface area contributed by atoms with Gasteiger partial charge in [0.05, 0.1) is 11.0 Å². The zero-order valence-corrected chi connectivity index (χ0v) is 8.86. The summed E-state index contributed by atoms with van der Waals surface area (Å²) in [7, 11) is 0. The highest BCUT2D eigenvalue weighted by Crippen LogP contribution is 2.12. The van der Waals surface area contributed by atoms with Crippen molar-refractivity contribution >= 4 is 23.2 Å². The van der Waals surface area contributed by atoms with E-state index in [1.165, 1.54) is 0 Å². The summed E-state index contributed by atoms with van der Waals surface area (Å²) in [5.74, 6) is 1.11. The van der Waals surface area contributed by atoms with Crippen molar-refractivity contribution in [2.45, 2.75) is 13.8 Å². The molecule has 0 saturated carbocycles. The number of benzene rings is 1. The Bertz CT molecular complexity index is 437. The Morgan fingerprint density at radius 2 is 2.20 bits per heavy atom. The first-order valence-electron chi connectivity index (χ1n) is 4.99. The normalized spacial score (nSPS) is 11.7. The molecule has 0 radical (unpaired) electrons. The first kappa shape index (κ1) is 9.71. The van der Waals surface area contributed by atoms with Crippen LogP contribution in [0.4, 0.5) is 5.95 Å². The predicted molar refractivity (Wildman–Crippen MR) is 63.0 cm³/mol. The van der Waals surface area contributed by atoms with E-state index in [9.17, 15) is 0 Å². The largest absolute Gasteiger partial charge is 0.323 e. The number of fused-ring (bicyclic) bond motifs is 1. The van der Waals surface area contributed by atoms with Gasteiger partial charge in [-0.2, -0.15) is 5.10 Å². The van der Waals surface area contributed by atoms with Gasteiger partial charge in [0.1, 0.15) is 0 Å². The van der Waals surface area contributed by atoms with Crippen molar-refractivity contribution in [2.75, 3.05) is 5.43 Å². The third-order valence-electron chi connectivity index (χ3n) is 1.93. The zero-order chi connectivity index (χ0) is 10.7. The van der Waals surface area contributed by atoms with E-state index in [2.05, 4.69) is 34.3 Å². The highest BCUT2D eigenvalue weighted by atomic mass is 15.3. The lowest BCUT2D eigenvalue weighted by molar-refractivity contribution is 0.903. The molecule has 0 spiro atoms. The zero-order valence-electron chi connectivity index (χ0n) is 8.86. The summed E-state index contributed by atoms with van der Waals surface area (Å²) >= 11 is 0. The van der Waals surface area contributed by atoms with Gasteiger partial charge in [0.2, 0.25) is 5.95 Å². The number of hydrogen-bond acceptors (Lipinski definition) is 3. The quantitative estimate of drug-likeness (QED) is 0.593. The molecule has 0 aliphatic heterocycles. The number of nitrogens with one attached hydrogen (secondary N) is 2. The van der Waals surface area contributed by atoms with E-state index in [4.69, 9.17) is 0 Å². The molecule has 0 bridgehead atoms. The summed E-state index contributed by atoms with van der Waals surface area (Å²) in [6, 6.07) is 7.88. The number of para-hydroxylation sites is 2. The Hall–Kier alpha value is -1.84. The number of aromatic nitrogens is 2. The van der Waals surface area contributed by atoms with Crippen molar-refractivity contribution in [3.63, 3.8) is 0 Å². The van der Waals surface area contributed by atoms with Crippen LogP contribution in [0.25, 0.3) is 11.0 Å². The molecule has 2 N–H and O–H groups in total. The van der Waals surface area contributed by atoms with E-state index < -0.39 is 0 Å². The van der Waals surface area contributed by atoms with E-state index >= 15 is 0 Å². The number of nitrogens with zero attached hydrogens (tertiary/aromatic N) is 2. The number of anilines is 1. The fraction of sp³-hybridized carbons (Fsp3) is 0.273. The van der Waals surface area contributed by atoms with E-state index in [-0.39, 0.29) is 0 Å². The maximum atomic E-state index is 4.33. The van der Waals surface area contributed by atoms with Gasteiger partial charge in [0, 0.05) is 6.21 Å². The summed E-state index contributed by atoms with van der Waals surface area (Å²) in [4.78, 5) is 7.46. The van der Waals surface area contributed by atoms with Gasteiger partial charge < -0.3 is 4.98 Å². The minimum absolute atomic E-state index is 0.432. The minimum atomic E-state index is 0.432. The SMILES string of the molecule is CC(C)/C=N\Nc1nc2ccccc2[nH]1. The van der Waals surface area contributed by atoms with Crippen molar-refractivity contribution in [1.82, 2.24) is 9.97 Å². The van der Waals surface area contributed by atoms with Gasteiger partial charge in [-0.15, -0.1) is 0 Å². The van der Waals surface area contributed by atoms with E-state index in [1.54, 1.807) is 0 Å². The van der Waals surface area contributed by atoms with Gasteiger partial charge in [0.25, 0.3) is 0 Å². The topological polar surface area (TPSA) is 53.1 Å². The molecule has 4 heteroatoms. The van der Waals surface area contributed by atoms with Crippen LogP contribution in [-0.4, -0.2) is 16.2 Å². The monoisotopic (exact) mass is 202 g/mol. The standard InChI is InChI=1S/C11H14N4/c1-8(2)7-12-15-11-13-9-5-3-4-6-10(9)14-11/h3-8H,1-2H3,(H2,13,14,15)/b12-7-. The molecule has 2 rings (SSSR count). The molecule has 0 aliphatic rings. The first-order chi connectivity index (χ1) is 7.25. The van der Waals surface area contributed by atoms with Crippen molar-refractivity contribution in [2.24, 2.45) is 11.0 Å². The molecule has 1 aromatic heterocycles. The van der Waals surface area contributed by atoms with E-state index in [1.807, 2.05) is 30.5 Å². The molecule has 15 heavy (non-hydrogen) atoms. The van der Waals surface area contributed by atoms with E-state index in [0.29, 0.717) is 11.9 Å². The fourth-order valence-corrected chi connectivity index (χ4v) is 1.25. The van der Waals surface area contributed by atoms with Gasteiger partial charge >= 0.3 is 0 Å². The molecule has 0 aliphatic carbocycles. The predicted octanol–water partition coefficient (Wildman–Crippen LogP) is 2.62. The Morgan fingerprint density at radius 3 is 2.93 bits per heavy atom. The van der Waals surface area contributed by atoms with Gasteiger partial charge in [-0.25, -0.2) is 10.4 Å². The molecule has 78 valence electrons. The molecular weight excluding hydrogens is 188 g/mol. The fourth-order valence-electron chi connectivity index (χ4n) is 1.25. The van der Waals surface area contributed by atoms with Crippen molar-refractivity contribution < 1.29 is 0 Å². The number of H-pyrrole nitrogens is 1. The molecule has 0 saturated heterocycles. The van der Waals surface area contributed by atoms with Crippen LogP contribution in [0.15, 0.2) is 29.4 Å². The maximum Gasteiger partial charge on any atom is 0.222 e. The smallest absolute Gasteiger partial charge is 0.222 e. The summed E-state index contributed by atoms with van der Waals surface area (Å²) < 4.78 is 0. The van der Waals surface area contributed by atoms with Crippen LogP contribution >= 0.6 is 0 Å². The van der Waals surface area contributed by atoms with Crippen molar-refractivity contribution in [1.29, 1.82) is 0 Å². The maximum absolute atomic E-state index is 4.33. The molecule has 0 amide bonds. The Morgan fingerprint density at radius 1 is 1.40 bits per heavy atom. The molecule has 0 fully saturated rings. The van der Waals surface area contributed by atoms with Crippen LogP contribution in [0.5, 0.6) is 0 Å². The second kappa shape index (κ2) is 4.13. The van der Waals surface area contributed by atoms with Crippen LogP contribution in [0, 0.1) is 5.92 Å². The summed E-state index contributed by atoms with van der Waals surface area (Å²) in [6.07, 6.45) is 1.84. The average molecular weight is 202 g/mol. The number of imidazole rings is 1. The first-order valence-corrected chi connectivity index (χ1v) is 4.99. The summed E-state index contributed by atoms with van der Waals surface area (Å²) in [6.45, 7) is 4.15. The minimum Gasteiger partial charge on any atom is -0.323 e. The van der Waals surface area contributed by atoms with Crippen LogP contribution < -0.4 is 5.43 Å². The molecule has 1 heterocycles. The lowest BCUT2D eigenvalue weighted by atomic mass is 10.3. The van der Waals surface area contributed by atoms with Crippen LogP contribution in [-0.2, 0) is 0 Å². The van der Waals surface area contributed by atoms with Gasteiger partial charge in [-0.05, 0) is 18.1 Å². The van der Waals surface area contributed by atoms with E-state index in [0.717, 1.165) is 11.0 Å². The Balaban J connectivity index is 2.15. The molecule has 4 nitrogen and oxygen atoms in total. The number of hydrogen-bond donors (Lipinski definition) is 2. The van der Waals surface area contributed by atoms with Crippen LogP contribution in [0.2, 0.25) is 0 Å². The lowest BCUT2D eigenvalue weighted by Gasteiger charge is -1.94. The third-order valence-corrected chi connectivity index (χ3v) is 1.93. The summed E-state index contributed by atoms with van der Waals surface area (Å²) in [5, 5.41) is 4.07. The Kier molecular flexibility index (Phi) is 2.67. The molecular formula is C11H14N4. The molecule has 2 aromatic rings. The highest BCUT2D eigenvalue weighted by Gasteiger charge is 1.98. The molecule has 1 aromatic carbocycles. The van der Waals surface area contributed by atoms with Gasteiger partial charge in [0.15, 0.2) is 0 Å². The second-order valence-electron chi connectivity index (χ2n) is 3.74. The number of hydrazone groups is 1. The van der Waals surface area contributed by atoms with Crippen molar-refractivity contribution in [3.05, 3.63) is 24.3 Å². The van der Waals surface area contributed by atoms with Gasteiger partial charge in [-0.3, -0.25) is 0 Å². The molecule has 0 unspecified atom stereocenters. The third kappa shape index (κ3) is 2.34. The summed E-state index contributed by atoms with van der Waals surface area (Å²) in [5.41, 5.74) is 4.83. The van der Waals surface area contributed by atoms with Crippen molar-refractivity contribution in [3.8, 4) is 0 Å².